The Kier molecular flexibility index (Phi) is 7.05. The Labute approximate surface area is 241 Å². The summed E-state index contributed by atoms with van der Waals surface area (Å²) in [5.74, 6) is 3.26. The topological polar surface area (TPSA) is 103 Å². The van der Waals surface area contributed by atoms with Gasteiger partial charge in [-0.2, -0.15) is 0 Å². The number of nitro benzene ring substituents is 1. The molecule has 5 aromatic rings. The Morgan fingerprint density at radius 2 is 1.66 bits per heavy atom. The van der Waals surface area contributed by atoms with Gasteiger partial charge in [0.15, 0.2) is 5.11 Å². The summed E-state index contributed by atoms with van der Waals surface area (Å²) in [5, 5.41) is 15.2. The minimum atomic E-state index is -0.423. The maximum atomic E-state index is 11.3. The van der Waals surface area contributed by atoms with Gasteiger partial charge in [-0.25, -0.2) is 0 Å². The number of nitro groups is 1. The van der Waals surface area contributed by atoms with Gasteiger partial charge in [0.25, 0.3) is 5.69 Å². The molecule has 0 spiro atoms. The predicted octanol–water partition coefficient (Wildman–Crippen LogP) is 7.23. The molecular weight excluding hydrogens is 540 g/mol. The summed E-state index contributed by atoms with van der Waals surface area (Å²) in [5.41, 5.74) is 2.24. The lowest BCUT2D eigenvalue weighted by Gasteiger charge is -2.26. The van der Waals surface area contributed by atoms with E-state index >= 15 is 0 Å². The number of benzene rings is 3. The van der Waals surface area contributed by atoms with Gasteiger partial charge in [0.1, 0.15) is 34.8 Å². The number of hydrogen-bond acceptors (Lipinski definition) is 7. The molecule has 3 heterocycles. The van der Waals surface area contributed by atoms with E-state index in [0.717, 1.165) is 17.1 Å². The molecule has 2 aromatic heterocycles. The molecule has 9 nitrogen and oxygen atoms in total. The molecule has 10 heteroatoms. The van der Waals surface area contributed by atoms with Crippen LogP contribution in [0.5, 0.6) is 17.2 Å². The molecule has 0 radical (unpaired) electrons. The maximum Gasteiger partial charge on any atom is 0.270 e. The zero-order valence-corrected chi connectivity index (χ0v) is 22.7. The van der Waals surface area contributed by atoms with Gasteiger partial charge in [0.05, 0.1) is 23.8 Å². The first-order valence-electron chi connectivity index (χ1n) is 12.8. The third-order valence-corrected chi connectivity index (χ3v) is 7.08. The van der Waals surface area contributed by atoms with Crippen LogP contribution in [-0.4, -0.2) is 22.1 Å². The number of anilines is 1. The predicted molar refractivity (Wildman–Crippen MR) is 158 cm³/mol. The number of furan rings is 1. The number of aromatic nitrogens is 1. The van der Waals surface area contributed by atoms with E-state index in [4.69, 9.17) is 26.1 Å². The zero-order valence-electron chi connectivity index (χ0n) is 21.8. The molecule has 2 atom stereocenters. The van der Waals surface area contributed by atoms with E-state index in [9.17, 15) is 10.1 Å². The van der Waals surface area contributed by atoms with E-state index < -0.39 is 4.92 Å². The Balaban J connectivity index is 1.33. The van der Waals surface area contributed by atoms with Crippen molar-refractivity contribution in [2.24, 2.45) is 0 Å². The highest BCUT2D eigenvalue weighted by atomic mass is 32.1. The average molecular weight is 565 g/mol. The summed E-state index contributed by atoms with van der Waals surface area (Å²) in [6, 6.07) is 30.1. The normalized spacial score (nSPS) is 16.3. The smallest absolute Gasteiger partial charge is 0.270 e. The molecule has 0 saturated carbocycles. The molecule has 1 N–H and O–H groups in total. The Hall–Kier alpha value is -5.22. The van der Waals surface area contributed by atoms with Crippen LogP contribution in [0.1, 0.15) is 23.5 Å². The van der Waals surface area contributed by atoms with E-state index in [1.807, 2.05) is 83.8 Å². The molecule has 1 aliphatic heterocycles. The molecule has 1 fully saturated rings. The van der Waals surface area contributed by atoms with Crippen molar-refractivity contribution in [1.29, 1.82) is 0 Å². The fourth-order valence-corrected chi connectivity index (χ4v) is 5.16. The molecule has 1 aliphatic rings. The third-order valence-electron chi connectivity index (χ3n) is 6.77. The van der Waals surface area contributed by atoms with Crippen LogP contribution in [0.4, 0.5) is 11.4 Å². The van der Waals surface area contributed by atoms with Gasteiger partial charge in [0.2, 0.25) is 0 Å². The number of hydrogen-bond donors (Lipinski definition) is 1. The lowest BCUT2D eigenvalue weighted by atomic mass is 10.0. The average Bonchev–Trinajstić information content (AvgIpc) is 3.63. The van der Waals surface area contributed by atoms with Crippen LogP contribution in [0.25, 0.3) is 11.3 Å². The van der Waals surface area contributed by atoms with Gasteiger partial charge in [0, 0.05) is 29.6 Å². The number of nitrogens with zero attached hydrogens (tertiary/aromatic N) is 3. The number of non-ortho nitro benzene ring substituents is 1. The first kappa shape index (κ1) is 26.0. The molecule has 3 aromatic carbocycles. The number of rotatable bonds is 8. The van der Waals surface area contributed by atoms with Crippen LogP contribution in [0, 0.1) is 10.1 Å². The van der Waals surface area contributed by atoms with Crippen molar-refractivity contribution in [3.63, 3.8) is 0 Å². The van der Waals surface area contributed by atoms with Crippen LogP contribution >= 0.6 is 12.2 Å². The SMILES string of the molecule is COc1ccc(Oc2ccc(N3C(=S)NC(c4ccccn4)C3c3ccc(-c4cccc([N+](=O)[O-])c4)o3)cc2)cc1. The van der Waals surface area contributed by atoms with Gasteiger partial charge in [-0.3, -0.25) is 15.1 Å². The van der Waals surface area contributed by atoms with Gasteiger partial charge in [-0.15, -0.1) is 0 Å². The van der Waals surface area contributed by atoms with Gasteiger partial charge >= 0.3 is 0 Å². The lowest BCUT2D eigenvalue weighted by molar-refractivity contribution is -0.384. The molecule has 0 aliphatic carbocycles. The summed E-state index contributed by atoms with van der Waals surface area (Å²) >= 11 is 5.81. The molecule has 204 valence electrons. The first-order chi connectivity index (χ1) is 20.0. The number of ether oxygens (including phenoxy) is 2. The largest absolute Gasteiger partial charge is 0.497 e. The van der Waals surface area contributed by atoms with E-state index in [-0.39, 0.29) is 17.8 Å². The van der Waals surface area contributed by atoms with Gasteiger partial charge in [-0.05, 0) is 85.0 Å². The molecule has 1 saturated heterocycles. The highest BCUT2D eigenvalue weighted by Crippen LogP contribution is 2.43. The maximum absolute atomic E-state index is 11.3. The fourth-order valence-electron chi connectivity index (χ4n) is 4.82. The third kappa shape index (κ3) is 5.32. The monoisotopic (exact) mass is 564 g/mol. The van der Waals surface area contributed by atoms with Crippen LogP contribution in [0.2, 0.25) is 0 Å². The number of methoxy groups -OCH3 is 1. The molecule has 6 rings (SSSR count). The van der Waals surface area contributed by atoms with E-state index in [0.29, 0.717) is 33.7 Å². The second-order valence-electron chi connectivity index (χ2n) is 9.28. The molecule has 0 bridgehead atoms. The minimum absolute atomic E-state index is 0.00546. The van der Waals surface area contributed by atoms with Crippen molar-refractivity contribution in [1.82, 2.24) is 10.3 Å². The highest BCUT2D eigenvalue weighted by molar-refractivity contribution is 7.80. The standard InChI is InChI=1S/C31H24N4O5S/c1-38-23-12-14-25(15-13-23)39-24-10-8-21(9-11-24)34-30(29(33-31(34)41)26-7-2-3-18-32-26)28-17-16-27(40-28)20-5-4-6-22(19-20)35(36)37/h2-19,29-30H,1H3,(H,33,41). The van der Waals surface area contributed by atoms with Crippen molar-refractivity contribution in [2.45, 2.75) is 12.1 Å². The number of pyridine rings is 1. The van der Waals surface area contributed by atoms with E-state index in [1.54, 1.807) is 25.4 Å². The van der Waals surface area contributed by atoms with Crippen LogP contribution in [-0.2, 0) is 0 Å². The van der Waals surface area contributed by atoms with E-state index in [1.165, 1.54) is 12.1 Å². The summed E-state index contributed by atoms with van der Waals surface area (Å²) in [6.45, 7) is 0. The van der Waals surface area contributed by atoms with Gasteiger partial charge in [-0.1, -0.05) is 18.2 Å². The summed E-state index contributed by atoms with van der Waals surface area (Å²) in [6.07, 6.45) is 1.74. The van der Waals surface area contributed by atoms with E-state index in [2.05, 4.69) is 10.3 Å². The minimum Gasteiger partial charge on any atom is -0.497 e. The molecule has 2 unspecified atom stereocenters. The van der Waals surface area contributed by atoms with Gasteiger partial charge < -0.3 is 24.1 Å². The molecular formula is C31H24N4O5S. The van der Waals surface area contributed by atoms with Crippen molar-refractivity contribution in [2.75, 3.05) is 12.0 Å². The first-order valence-corrected chi connectivity index (χ1v) is 13.2. The van der Waals surface area contributed by atoms with Crippen molar-refractivity contribution in [3.05, 3.63) is 131 Å². The summed E-state index contributed by atoms with van der Waals surface area (Å²) in [7, 11) is 1.62. The van der Waals surface area contributed by atoms with Crippen LogP contribution in [0.3, 0.4) is 0 Å². The Morgan fingerprint density at radius 3 is 2.34 bits per heavy atom. The Morgan fingerprint density at radius 1 is 0.927 bits per heavy atom. The summed E-state index contributed by atoms with van der Waals surface area (Å²) < 4.78 is 17.6. The summed E-state index contributed by atoms with van der Waals surface area (Å²) in [4.78, 5) is 17.5. The quantitative estimate of drug-likeness (QED) is 0.119. The number of nitrogens with one attached hydrogen (secondary N) is 1. The van der Waals surface area contributed by atoms with Crippen molar-refractivity contribution < 1.29 is 18.8 Å². The highest BCUT2D eigenvalue weighted by Gasteiger charge is 2.42. The second kappa shape index (κ2) is 11.1. The lowest BCUT2D eigenvalue weighted by Crippen LogP contribution is -2.29. The van der Waals surface area contributed by atoms with Crippen molar-refractivity contribution in [3.8, 4) is 28.6 Å². The van der Waals surface area contributed by atoms with Crippen LogP contribution in [0.15, 0.2) is 114 Å². The van der Waals surface area contributed by atoms with Crippen molar-refractivity contribution >= 4 is 28.7 Å². The number of thiocarbonyl (C=S) groups is 1. The fraction of sp³-hybridized carbons (Fsp3) is 0.0968. The Bertz CT molecular complexity index is 1690. The second-order valence-corrected chi connectivity index (χ2v) is 9.66. The molecule has 41 heavy (non-hydrogen) atoms. The molecule has 0 amide bonds. The zero-order chi connectivity index (χ0) is 28.3. The van der Waals surface area contributed by atoms with Crippen LogP contribution < -0.4 is 19.7 Å².